The summed E-state index contributed by atoms with van der Waals surface area (Å²) in [6.07, 6.45) is 1.56. The summed E-state index contributed by atoms with van der Waals surface area (Å²) in [6.45, 7) is 0. The molecule has 0 saturated carbocycles. The van der Waals surface area contributed by atoms with Crippen LogP contribution >= 0.6 is 27.3 Å². The van der Waals surface area contributed by atoms with Crippen LogP contribution in [0.4, 0.5) is 5.69 Å². The molecule has 1 amide bonds. The third-order valence-electron chi connectivity index (χ3n) is 2.59. The van der Waals surface area contributed by atoms with Gasteiger partial charge in [0.1, 0.15) is 17.4 Å². The van der Waals surface area contributed by atoms with Crippen LogP contribution in [0, 0.1) is 11.3 Å². The number of carbonyl (C=O) groups is 1. The average molecular weight is 363 g/mol. The molecule has 0 saturated heterocycles. The van der Waals surface area contributed by atoms with Gasteiger partial charge in [-0.1, -0.05) is 12.1 Å². The van der Waals surface area contributed by atoms with Crippen molar-refractivity contribution in [2.45, 2.75) is 0 Å². The zero-order chi connectivity index (χ0) is 15.2. The molecule has 106 valence electrons. The largest absolute Gasteiger partial charge is 0.495 e. The average Bonchev–Trinajstić information content (AvgIpc) is 2.90. The molecule has 21 heavy (non-hydrogen) atoms. The van der Waals surface area contributed by atoms with E-state index in [-0.39, 0.29) is 5.57 Å². The van der Waals surface area contributed by atoms with E-state index in [1.807, 2.05) is 17.5 Å². The van der Waals surface area contributed by atoms with Gasteiger partial charge in [-0.25, -0.2) is 0 Å². The van der Waals surface area contributed by atoms with E-state index in [0.29, 0.717) is 11.4 Å². The maximum atomic E-state index is 12.2. The molecule has 4 nitrogen and oxygen atoms in total. The lowest BCUT2D eigenvalue weighted by molar-refractivity contribution is -0.112. The number of carbonyl (C=O) groups excluding carboxylic acids is 1. The number of anilines is 1. The van der Waals surface area contributed by atoms with Crippen molar-refractivity contribution < 1.29 is 9.53 Å². The Bertz CT molecular complexity index is 731. The van der Waals surface area contributed by atoms with E-state index in [0.717, 1.165) is 9.35 Å². The highest BCUT2D eigenvalue weighted by molar-refractivity contribution is 9.10. The third kappa shape index (κ3) is 3.94. The van der Waals surface area contributed by atoms with E-state index in [1.165, 1.54) is 18.4 Å². The van der Waals surface area contributed by atoms with E-state index in [2.05, 4.69) is 21.2 Å². The first-order valence-electron chi connectivity index (χ1n) is 5.94. The summed E-state index contributed by atoms with van der Waals surface area (Å²) in [4.78, 5) is 13.0. The Morgan fingerprint density at radius 2 is 2.24 bits per heavy atom. The van der Waals surface area contributed by atoms with Crippen molar-refractivity contribution in [2.24, 2.45) is 0 Å². The van der Waals surface area contributed by atoms with Gasteiger partial charge in [-0.2, -0.15) is 5.26 Å². The minimum absolute atomic E-state index is 0.0373. The smallest absolute Gasteiger partial charge is 0.266 e. The fraction of sp³-hybridized carbons (Fsp3) is 0.0667. The normalized spacial score (nSPS) is 10.8. The molecule has 0 aliphatic heterocycles. The zero-order valence-corrected chi connectivity index (χ0v) is 13.5. The molecular formula is C15H11BrN2O2S. The Morgan fingerprint density at radius 1 is 1.48 bits per heavy atom. The van der Waals surface area contributed by atoms with Gasteiger partial charge in [0.2, 0.25) is 0 Å². The number of hydrogen-bond acceptors (Lipinski definition) is 4. The van der Waals surface area contributed by atoms with Crippen LogP contribution in [0.25, 0.3) is 6.08 Å². The number of para-hydroxylation sites is 2. The predicted molar refractivity (Wildman–Crippen MR) is 87.2 cm³/mol. The minimum Gasteiger partial charge on any atom is -0.495 e. The van der Waals surface area contributed by atoms with Gasteiger partial charge >= 0.3 is 0 Å². The van der Waals surface area contributed by atoms with Crippen LogP contribution in [0.2, 0.25) is 0 Å². The number of rotatable bonds is 4. The van der Waals surface area contributed by atoms with E-state index in [4.69, 9.17) is 10.00 Å². The van der Waals surface area contributed by atoms with Crippen molar-refractivity contribution in [1.29, 1.82) is 5.26 Å². The molecule has 0 fully saturated rings. The van der Waals surface area contributed by atoms with E-state index in [1.54, 1.807) is 30.3 Å². The van der Waals surface area contributed by atoms with Crippen molar-refractivity contribution in [3.8, 4) is 11.8 Å². The van der Waals surface area contributed by atoms with Crippen molar-refractivity contribution in [3.63, 3.8) is 0 Å². The predicted octanol–water partition coefficient (Wildman–Crippen LogP) is 4.06. The number of nitrogens with zero attached hydrogens (tertiary/aromatic N) is 1. The Labute approximate surface area is 134 Å². The molecule has 0 aliphatic carbocycles. The number of nitrogens with one attached hydrogen (secondary N) is 1. The second kappa shape index (κ2) is 7.07. The lowest BCUT2D eigenvalue weighted by Gasteiger charge is -2.08. The number of amides is 1. The van der Waals surface area contributed by atoms with Gasteiger partial charge in [0, 0.05) is 14.7 Å². The highest BCUT2D eigenvalue weighted by Gasteiger charge is 2.12. The number of nitriles is 1. The maximum Gasteiger partial charge on any atom is 0.266 e. The number of benzene rings is 1. The molecule has 6 heteroatoms. The highest BCUT2D eigenvalue weighted by atomic mass is 79.9. The number of ether oxygens (including phenoxy) is 1. The lowest BCUT2D eigenvalue weighted by atomic mass is 10.2. The Kier molecular flexibility index (Phi) is 5.14. The fourth-order valence-electron chi connectivity index (χ4n) is 1.63. The summed E-state index contributed by atoms with van der Waals surface area (Å²) >= 11 is 4.78. The van der Waals surface area contributed by atoms with Gasteiger partial charge in [-0.15, -0.1) is 11.3 Å². The molecule has 0 bridgehead atoms. The van der Waals surface area contributed by atoms with Crippen molar-refractivity contribution in [3.05, 3.63) is 50.6 Å². The van der Waals surface area contributed by atoms with Crippen LogP contribution in [0.1, 0.15) is 4.88 Å². The SMILES string of the molecule is COc1ccccc1NC(=O)/C(C#N)=C/c1cc(Br)cs1. The standard InChI is InChI=1S/C15H11BrN2O2S/c1-20-14-5-3-2-4-13(14)18-15(19)10(8-17)6-12-7-11(16)9-21-12/h2-7,9H,1H3,(H,18,19)/b10-6+. The molecule has 1 aromatic heterocycles. The first-order valence-corrected chi connectivity index (χ1v) is 7.61. The van der Waals surface area contributed by atoms with E-state index < -0.39 is 5.91 Å². The summed E-state index contributed by atoms with van der Waals surface area (Å²) in [5.41, 5.74) is 0.564. The van der Waals surface area contributed by atoms with Gasteiger partial charge in [0.25, 0.3) is 5.91 Å². The molecular weight excluding hydrogens is 352 g/mol. The maximum absolute atomic E-state index is 12.2. The molecule has 1 heterocycles. The lowest BCUT2D eigenvalue weighted by Crippen LogP contribution is -2.14. The highest BCUT2D eigenvalue weighted by Crippen LogP contribution is 2.25. The van der Waals surface area contributed by atoms with Crippen LogP contribution in [-0.2, 0) is 4.79 Å². The topological polar surface area (TPSA) is 62.1 Å². The molecule has 1 N–H and O–H groups in total. The number of halogens is 1. The summed E-state index contributed by atoms with van der Waals surface area (Å²) in [5, 5.41) is 13.7. The Hall–Kier alpha value is -2.10. The quantitative estimate of drug-likeness (QED) is 0.658. The van der Waals surface area contributed by atoms with Crippen LogP contribution in [0.5, 0.6) is 5.75 Å². The first-order chi connectivity index (χ1) is 10.1. The number of hydrogen-bond donors (Lipinski definition) is 1. The molecule has 0 atom stereocenters. The van der Waals surface area contributed by atoms with Crippen molar-refractivity contribution >= 4 is 44.9 Å². The summed E-state index contributed by atoms with van der Waals surface area (Å²) in [5.74, 6) is 0.0773. The molecule has 0 aliphatic rings. The zero-order valence-electron chi connectivity index (χ0n) is 11.1. The van der Waals surface area contributed by atoms with Crippen LogP contribution < -0.4 is 10.1 Å². The van der Waals surface area contributed by atoms with Gasteiger partial charge < -0.3 is 10.1 Å². The first kappa shape index (κ1) is 15.3. The Balaban J connectivity index is 2.22. The molecule has 2 rings (SSSR count). The van der Waals surface area contributed by atoms with Gasteiger partial charge in [0.05, 0.1) is 12.8 Å². The molecule has 1 aromatic carbocycles. The minimum atomic E-state index is -0.466. The molecule has 0 spiro atoms. The number of thiophene rings is 1. The van der Waals surface area contributed by atoms with Gasteiger partial charge in [-0.3, -0.25) is 4.79 Å². The fourth-order valence-corrected chi connectivity index (χ4v) is 3.01. The molecule has 0 radical (unpaired) electrons. The summed E-state index contributed by atoms with van der Waals surface area (Å²) in [6, 6.07) is 10.8. The Morgan fingerprint density at radius 3 is 2.86 bits per heavy atom. The van der Waals surface area contributed by atoms with Crippen molar-refractivity contribution in [1.82, 2.24) is 0 Å². The van der Waals surface area contributed by atoms with Gasteiger partial charge in [0.15, 0.2) is 0 Å². The van der Waals surface area contributed by atoms with Crippen LogP contribution in [0.15, 0.2) is 45.8 Å². The van der Waals surface area contributed by atoms with E-state index in [9.17, 15) is 4.79 Å². The molecule has 0 unspecified atom stereocenters. The van der Waals surface area contributed by atoms with Gasteiger partial charge in [-0.05, 0) is 40.2 Å². The van der Waals surface area contributed by atoms with Crippen molar-refractivity contribution in [2.75, 3.05) is 12.4 Å². The molecule has 2 aromatic rings. The monoisotopic (exact) mass is 362 g/mol. The van der Waals surface area contributed by atoms with Crippen LogP contribution in [0.3, 0.4) is 0 Å². The number of methoxy groups -OCH3 is 1. The second-order valence-corrected chi connectivity index (χ2v) is 5.85. The summed E-state index contributed by atoms with van der Waals surface area (Å²) in [7, 11) is 1.52. The third-order valence-corrected chi connectivity index (χ3v) is 4.24. The van der Waals surface area contributed by atoms with Crippen LogP contribution in [-0.4, -0.2) is 13.0 Å². The second-order valence-electron chi connectivity index (χ2n) is 3.99. The van der Waals surface area contributed by atoms with E-state index >= 15 is 0 Å². The summed E-state index contributed by atoms with van der Waals surface area (Å²) < 4.78 is 6.08.